The fourth-order valence-electron chi connectivity index (χ4n) is 9.91. The van der Waals surface area contributed by atoms with E-state index in [2.05, 4.69) is 225 Å². The molecule has 0 bridgehead atoms. The zero-order chi connectivity index (χ0) is 37.9. The van der Waals surface area contributed by atoms with Crippen molar-refractivity contribution in [3.05, 3.63) is 206 Å². The number of para-hydroxylation sites is 6. The van der Waals surface area contributed by atoms with Gasteiger partial charge in [-0.25, -0.2) is 0 Å². The highest BCUT2D eigenvalue weighted by molar-refractivity contribution is 6.29. The number of benzene rings is 9. The summed E-state index contributed by atoms with van der Waals surface area (Å²) >= 11 is 0. The van der Waals surface area contributed by atoms with E-state index in [1.165, 1.54) is 76.2 Å². The topological polar surface area (TPSA) is 15.3 Å². The van der Waals surface area contributed by atoms with Crippen molar-refractivity contribution in [3.8, 4) is 0 Å². The smallest absolute Gasteiger partial charge is 0.0622 e. The molecule has 4 aromatic heterocycles. The lowest BCUT2D eigenvalue weighted by molar-refractivity contribution is 1.28. The highest BCUT2D eigenvalue weighted by Crippen LogP contribution is 2.48. The van der Waals surface area contributed by atoms with E-state index in [1.807, 2.05) is 0 Å². The van der Waals surface area contributed by atoms with Gasteiger partial charge in [-0.1, -0.05) is 109 Å². The van der Waals surface area contributed by atoms with Gasteiger partial charge in [-0.15, -0.1) is 0 Å². The third kappa shape index (κ3) is 4.29. The minimum absolute atomic E-state index is 1.12. The molecule has 0 aliphatic carbocycles. The minimum atomic E-state index is 1.12. The van der Waals surface area contributed by atoms with Gasteiger partial charge in [0.15, 0.2) is 0 Å². The van der Waals surface area contributed by atoms with Crippen LogP contribution in [0.25, 0.3) is 76.2 Å². The van der Waals surface area contributed by atoms with Crippen LogP contribution in [0.1, 0.15) is 0 Å². The minimum Gasteiger partial charge on any atom is -0.310 e. The van der Waals surface area contributed by atoms with E-state index >= 15 is 0 Å². The predicted molar refractivity (Wildman–Crippen MR) is 245 cm³/mol. The molecule has 0 unspecified atom stereocenters. The number of aromatic nitrogens is 2. The van der Waals surface area contributed by atoms with Crippen LogP contribution in [0.15, 0.2) is 206 Å². The van der Waals surface area contributed by atoms with Gasteiger partial charge in [0, 0.05) is 77.2 Å². The van der Waals surface area contributed by atoms with Crippen LogP contribution in [-0.2, 0) is 0 Å². The van der Waals surface area contributed by atoms with Gasteiger partial charge in [-0.2, -0.15) is 0 Å². The zero-order valence-corrected chi connectivity index (χ0v) is 31.4. The molecule has 13 aromatic rings. The Morgan fingerprint density at radius 2 is 0.621 bits per heavy atom. The molecule has 9 aromatic carbocycles. The Bertz CT molecular complexity index is 3580. The Morgan fingerprint density at radius 1 is 0.224 bits per heavy atom. The molecule has 0 atom stereocenters. The molecule has 0 spiro atoms. The Kier molecular flexibility index (Phi) is 6.41. The molecular weight excluding hydrogens is 705 g/mol. The summed E-state index contributed by atoms with van der Waals surface area (Å²) in [4.78, 5) is 4.76. The highest BCUT2D eigenvalue weighted by Gasteiger charge is 2.25. The van der Waals surface area contributed by atoms with E-state index in [0.29, 0.717) is 0 Å². The number of hydrogen-bond acceptors (Lipinski definition) is 2. The lowest BCUT2D eigenvalue weighted by atomic mass is 10.0. The van der Waals surface area contributed by atoms with E-state index in [4.69, 9.17) is 0 Å². The number of rotatable bonds is 6. The second-order valence-electron chi connectivity index (χ2n) is 15.4. The van der Waals surface area contributed by atoms with Gasteiger partial charge in [-0.05, 0) is 97.1 Å². The SMILES string of the molecule is c1ccc(N(c2ccccc2)c2ccc3c(c2)c2cc(N(c4ccccc4)c4ccccc4)cc4c5cc6c7cccc8c9ccccc9n(c6cc5n3c24)c87)cc1. The second-order valence-corrected chi connectivity index (χ2v) is 15.4. The fraction of sp³-hybridized carbons (Fsp3) is 0. The zero-order valence-electron chi connectivity index (χ0n) is 31.4. The molecule has 0 aliphatic heterocycles. The quantitative estimate of drug-likeness (QED) is 0.169. The summed E-state index contributed by atoms with van der Waals surface area (Å²) in [5.41, 5.74) is 14.2. The van der Waals surface area contributed by atoms with Gasteiger partial charge in [0.25, 0.3) is 0 Å². The fourth-order valence-corrected chi connectivity index (χ4v) is 9.91. The van der Waals surface area contributed by atoms with Gasteiger partial charge < -0.3 is 18.6 Å². The molecule has 0 fully saturated rings. The lowest BCUT2D eigenvalue weighted by Gasteiger charge is -2.26. The Hall–Kier alpha value is -7.82. The molecule has 58 heavy (non-hydrogen) atoms. The van der Waals surface area contributed by atoms with Crippen LogP contribution in [-0.4, -0.2) is 8.80 Å². The van der Waals surface area contributed by atoms with Crippen molar-refractivity contribution >= 4 is 110 Å². The van der Waals surface area contributed by atoms with Gasteiger partial charge in [-0.3, -0.25) is 0 Å². The predicted octanol–water partition coefficient (Wildman–Crippen LogP) is 14.9. The van der Waals surface area contributed by atoms with E-state index < -0.39 is 0 Å². The molecule has 13 rings (SSSR count). The molecule has 0 N–H and O–H groups in total. The summed E-state index contributed by atoms with van der Waals surface area (Å²) in [6.07, 6.45) is 0. The first-order valence-electron chi connectivity index (χ1n) is 19.9. The largest absolute Gasteiger partial charge is 0.310 e. The highest BCUT2D eigenvalue weighted by atomic mass is 15.1. The van der Waals surface area contributed by atoms with Crippen LogP contribution >= 0.6 is 0 Å². The van der Waals surface area contributed by atoms with Crippen molar-refractivity contribution in [3.63, 3.8) is 0 Å². The molecule has 4 heterocycles. The van der Waals surface area contributed by atoms with Gasteiger partial charge >= 0.3 is 0 Å². The molecular formula is C54H34N4. The van der Waals surface area contributed by atoms with Gasteiger partial charge in [0.2, 0.25) is 0 Å². The summed E-state index contributed by atoms with van der Waals surface area (Å²) in [6, 6.07) is 75.3. The van der Waals surface area contributed by atoms with Crippen molar-refractivity contribution in [2.75, 3.05) is 9.80 Å². The van der Waals surface area contributed by atoms with Crippen molar-refractivity contribution < 1.29 is 0 Å². The summed E-state index contributed by atoms with van der Waals surface area (Å²) in [7, 11) is 0. The number of hydrogen-bond donors (Lipinski definition) is 0. The van der Waals surface area contributed by atoms with Crippen molar-refractivity contribution in [2.45, 2.75) is 0 Å². The van der Waals surface area contributed by atoms with E-state index in [9.17, 15) is 0 Å². The summed E-state index contributed by atoms with van der Waals surface area (Å²) in [5, 5.41) is 10.1. The number of nitrogens with zero attached hydrogens (tertiary/aromatic N) is 4. The van der Waals surface area contributed by atoms with Crippen LogP contribution < -0.4 is 9.80 Å². The van der Waals surface area contributed by atoms with Crippen LogP contribution in [0.2, 0.25) is 0 Å². The number of anilines is 6. The maximum atomic E-state index is 2.53. The Balaban J connectivity index is 1.17. The van der Waals surface area contributed by atoms with E-state index in [0.717, 1.165) is 34.1 Å². The van der Waals surface area contributed by atoms with Crippen molar-refractivity contribution in [1.29, 1.82) is 0 Å². The molecule has 270 valence electrons. The lowest BCUT2D eigenvalue weighted by Crippen LogP contribution is -2.09. The number of fused-ring (bicyclic) bond motifs is 12. The maximum Gasteiger partial charge on any atom is 0.0622 e. The monoisotopic (exact) mass is 738 g/mol. The van der Waals surface area contributed by atoms with Crippen LogP contribution in [0.5, 0.6) is 0 Å². The van der Waals surface area contributed by atoms with E-state index in [-0.39, 0.29) is 0 Å². The van der Waals surface area contributed by atoms with Crippen molar-refractivity contribution in [2.24, 2.45) is 0 Å². The van der Waals surface area contributed by atoms with Gasteiger partial charge in [0.1, 0.15) is 0 Å². The molecule has 0 aliphatic rings. The van der Waals surface area contributed by atoms with Gasteiger partial charge in [0.05, 0.1) is 33.1 Å². The molecule has 4 nitrogen and oxygen atoms in total. The first kappa shape index (κ1) is 31.4. The third-order valence-corrected chi connectivity index (χ3v) is 12.3. The van der Waals surface area contributed by atoms with Crippen LogP contribution in [0.3, 0.4) is 0 Å². The molecule has 0 radical (unpaired) electrons. The molecule has 0 amide bonds. The third-order valence-electron chi connectivity index (χ3n) is 12.3. The average molecular weight is 739 g/mol. The van der Waals surface area contributed by atoms with Crippen molar-refractivity contribution in [1.82, 2.24) is 8.80 Å². The first-order valence-corrected chi connectivity index (χ1v) is 19.9. The Morgan fingerprint density at radius 3 is 1.19 bits per heavy atom. The first-order chi connectivity index (χ1) is 28.8. The molecule has 0 saturated carbocycles. The second kappa shape index (κ2) is 11.8. The summed E-state index contributed by atoms with van der Waals surface area (Å²) in [5.74, 6) is 0. The molecule has 4 heteroatoms. The summed E-state index contributed by atoms with van der Waals surface area (Å²) < 4.78 is 5.02. The average Bonchev–Trinajstić information content (AvgIpc) is 4.01. The maximum absolute atomic E-state index is 2.53. The Labute approximate surface area is 333 Å². The summed E-state index contributed by atoms with van der Waals surface area (Å²) in [6.45, 7) is 0. The van der Waals surface area contributed by atoms with E-state index in [1.54, 1.807) is 0 Å². The van der Waals surface area contributed by atoms with Crippen LogP contribution in [0, 0.1) is 0 Å². The van der Waals surface area contributed by atoms with Crippen LogP contribution in [0.4, 0.5) is 34.1 Å². The standard InChI is InChI=1S/C54H34N4/c1-5-16-35(17-6-1)55(36-18-7-2-8-19-36)39-28-29-50-44(30-39)47-31-40(56(37-20-9-3-10-21-37)38-22-11-4-12-23-38)32-48-46-33-45-43-26-15-25-42-41-24-13-14-27-49(41)57(53(42)43)51(45)34-52(46)58(50)54(47)48/h1-34H. The normalized spacial score (nSPS) is 12.1. The molecule has 0 saturated heterocycles.